The van der Waals surface area contributed by atoms with Gasteiger partial charge in [-0.05, 0) is 50.1 Å². The van der Waals surface area contributed by atoms with Crippen molar-refractivity contribution in [3.8, 4) is 0 Å². The van der Waals surface area contributed by atoms with E-state index in [-0.39, 0.29) is 5.91 Å². The third-order valence-corrected chi connectivity index (χ3v) is 3.61. The molecule has 2 aromatic rings. The van der Waals surface area contributed by atoms with Crippen molar-refractivity contribution in [2.75, 3.05) is 12.3 Å². The smallest absolute Gasteiger partial charge is 0.254 e. The summed E-state index contributed by atoms with van der Waals surface area (Å²) < 4.78 is 0. The molecule has 2 N–H and O–H groups in total. The third kappa shape index (κ3) is 3.63. The lowest BCUT2D eigenvalue weighted by Gasteiger charge is -2.22. The predicted molar refractivity (Wildman–Crippen MR) is 87.2 cm³/mol. The molecule has 0 atom stereocenters. The van der Waals surface area contributed by atoms with Crippen LogP contribution in [0.4, 0.5) is 5.69 Å². The molecule has 0 heterocycles. The van der Waals surface area contributed by atoms with Gasteiger partial charge in [-0.2, -0.15) is 0 Å². The van der Waals surface area contributed by atoms with Crippen LogP contribution in [0, 0.1) is 13.8 Å². The minimum Gasteiger partial charge on any atom is -0.399 e. The van der Waals surface area contributed by atoms with E-state index < -0.39 is 0 Å². The summed E-state index contributed by atoms with van der Waals surface area (Å²) in [6, 6.07) is 13.6. The second kappa shape index (κ2) is 6.44. The molecule has 3 nitrogen and oxygen atoms in total. The van der Waals surface area contributed by atoms with Gasteiger partial charge in [0.05, 0.1) is 0 Å². The van der Waals surface area contributed by atoms with Crippen LogP contribution in [0.25, 0.3) is 0 Å². The molecule has 21 heavy (non-hydrogen) atoms. The Morgan fingerprint density at radius 1 is 1.14 bits per heavy atom. The van der Waals surface area contributed by atoms with E-state index in [0.29, 0.717) is 13.1 Å². The Morgan fingerprint density at radius 2 is 1.90 bits per heavy atom. The molecule has 3 heteroatoms. The van der Waals surface area contributed by atoms with Crippen LogP contribution < -0.4 is 5.73 Å². The fourth-order valence-electron chi connectivity index (χ4n) is 2.46. The fourth-order valence-corrected chi connectivity index (χ4v) is 2.46. The van der Waals surface area contributed by atoms with Gasteiger partial charge in [0.2, 0.25) is 0 Å². The van der Waals surface area contributed by atoms with Gasteiger partial charge in [-0.25, -0.2) is 0 Å². The van der Waals surface area contributed by atoms with Crippen molar-refractivity contribution in [3.63, 3.8) is 0 Å². The van der Waals surface area contributed by atoms with E-state index in [2.05, 4.69) is 0 Å². The van der Waals surface area contributed by atoms with Gasteiger partial charge < -0.3 is 10.6 Å². The van der Waals surface area contributed by atoms with E-state index in [1.54, 1.807) is 0 Å². The largest absolute Gasteiger partial charge is 0.399 e. The van der Waals surface area contributed by atoms with Crippen LogP contribution in [0.1, 0.15) is 34.0 Å². The molecule has 0 saturated carbocycles. The van der Waals surface area contributed by atoms with Crippen LogP contribution in [0.3, 0.4) is 0 Å². The topological polar surface area (TPSA) is 46.3 Å². The molecule has 0 aromatic heterocycles. The molecule has 0 aliphatic heterocycles. The van der Waals surface area contributed by atoms with E-state index in [4.69, 9.17) is 5.73 Å². The highest BCUT2D eigenvalue weighted by Crippen LogP contribution is 2.16. The molecule has 1 amide bonds. The highest BCUT2D eigenvalue weighted by atomic mass is 16.2. The molecule has 0 spiro atoms. The number of anilines is 1. The Balaban J connectivity index is 2.22. The van der Waals surface area contributed by atoms with Gasteiger partial charge >= 0.3 is 0 Å². The molecule has 0 saturated heterocycles. The summed E-state index contributed by atoms with van der Waals surface area (Å²) in [5, 5.41) is 0. The van der Waals surface area contributed by atoms with Crippen molar-refractivity contribution >= 4 is 11.6 Å². The third-order valence-electron chi connectivity index (χ3n) is 3.61. The maximum Gasteiger partial charge on any atom is 0.254 e. The highest BCUT2D eigenvalue weighted by Gasteiger charge is 2.16. The van der Waals surface area contributed by atoms with Crippen LogP contribution in [0.2, 0.25) is 0 Å². The number of aryl methyl sites for hydroxylation is 2. The predicted octanol–water partition coefficient (Wildman–Crippen LogP) is 3.55. The molecule has 0 bridgehead atoms. The van der Waals surface area contributed by atoms with Crippen molar-refractivity contribution < 1.29 is 4.79 Å². The number of hydrogen-bond acceptors (Lipinski definition) is 2. The second-order valence-electron chi connectivity index (χ2n) is 5.38. The average molecular weight is 282 g/mol. The number of carbonyl (C=O) groups is 1. The zero-order valence-electron chi connectivity index (χ0n) is 12.9. The lowest BCUT2D eigenvalue weighted by atomic mass is 10.0. The normalized spacial score (nSPS) is 10.4. The number of carbonyl (C=O) groups excluding carboxylic acids is 1. The standard InChI is InChI=1S/C18H22N2O/c1-4-20(12-15-6-5-7-16(19)11-15)18(21)17-9-8-13(2)10-14(17)3/h5-11H,4,12,19H2,1-3H3. The number of nitrogens with two attached hydrogens (primary N) is 1. The molecule has 110 valence electrons. The van der Waals surface area contributed by atoms with Gasteiger partial charge in [0, 0.05) is 24.3 Å². The zero-order valence-corrected chi connectivity index (χ0v) is 12.9. The van der Waals surface area contributed by atoms with Gasteiger partial charge in [0.1, 0.15) is 0 Å². The molecule has 2 rings (SSSR count). The van der Waals surface area contributed by atoms with Crippen molar-refractivity contribution in [3.05, 3.63) is 64.7 Å². The number of hydrogen-bond donors (Lipinski definition) is 1. The monoisotopic (exact) mass is 282 g/mol. The van der Waals surface area contributed by atoms with Crippen LogP contribution in [0.15, 0.2) is 42.5 Å². The maximum absolute atomic E-state index is 12.7. The van der Waals surface area contributed by atoms with Crippen LogP contribution in [-0.4, -0.2) is 17.4 Å². The first-order chi connectivity index (χ1) is 10.0. The first-order valence-corrected chi connectivity index (χ1v) is 7.22. The molecular weight excluding hydrogens is 260 g/mol. The first-order valence-electron chi connectivity index (χ1n) is 7.22. The van der Waals surface area contributed by atoms with E-state index in [1.165, 1.54) is 5.56 Å². The lowest BCUT2D eigenvalue weighted by Crippen LogP contribution is -2.30. The van der Waals surface area contributed by atoms with Crippen molar-refractivity contribution in [2.45, 2.75) is 27.3 Å². The van der Waals surface area contributed by atoms with Gasteiger partial charge in [0.15, 0.2) is 0 Å². The summed E-state index contributed by atoms with van der Waals surface area (Å²) in [4.78, 5) is 14.5. The Morgan fingerprint density at radius 3 is 2.52 bits per heavy atom. The molecule has 0 radical (unpaired) electrons. The number of amides is 1. The Kier molecular flexibility index (Phi) is 4.63. The van der Waals surface area contributed by atoms with Crippen molar-refractivity contribution in [2.24, 2.45) is 0 Å². The average Bonchev–Trinajstić information content (AvgIpc) is 2.44. The van der Waals surface area contributed by atoms with Gasteiger partial charge in [0.25, 0.3) is 5.91 Å². The molecule has 0 fully saturated rings. The lowest BCUT2D eigenvalue weighted by molar-refractivity contribution is 0.0752. The Bertz CT molecular complexity index is 649. The maximum atomic E-state index is 12.7. The van der Waals surface area contributed by atoms with E-state index in [0.717, 1.165) is 22.4 Å². The summed E-state index contributed by atoms with van der Waals surface area (Å²) in [5.74, 6) is 0.0671. The van der Waals surface area contributed by atoms with E-state index >= 15 is 0 Å². The fraction of sp³-hybridized carbons (Fsp3) is 0.278. The zero-order chi connectivity index (χ0) is 15.4. The molecule has 2 aromatic carbocycles. The minimum absolute atomic E-state index is 0.0671. The van der Waals surface area contributed by atoms with Gasteiger partial charge in [-0.1, -0.05) is 29.8 Å². The number of rotatable bonds is 4. The van der Waals surface area contributed by atoms with Crippen molar-refractivity contribution in [1.29, 1.82) is 0 Å². The molecule has 0 unspecified atom stereocenters. The van der Waals surface area contributed by atoms with E-state index in [9.17, 15) is 4.79 Å². The van der Waals surface area contributed by atoms with Crippen molar-refractivity contribution in [1.82, 2.24) is 4.90 Å². The van der Waals surface area contributed by atoms with Gasteiger partial charge in [-0.15, -0.1) is 0 Å². The highest BCUT2D eigenvalue weighted by molar-refractivity contribution is 5.95. The summed E-state index contributed by atoms with van der Waals surface area (Å²) >= 11 is 0. The van der Waals surface area contributed by atoms with Gasteiger partial charge in [-0.3, -0.25) is 4.79 Å². The molecule has 0 aliphatic rings. The Hall–Kier alpha value is -2.29. The number of nitrogens with zero attached hydrogens (tertiary/aromatic N) is 1. The Labute approximate surface area is 126 Å². The number of nitrogen functional groups attached to an aromatic ring is 1. The summed E-state index contributed by atoms with van der Waals surface area (Å²) in [6.45, 7) is 7.25. The quantitative estimate of drug-likeness (QED) is 0.872. The summed E-state index contributed by atoms with van der Waals surface area (Å²) in [5.41, 5.74) is 10.5. The van der Waals surface area contributed by atoms with E-state index in [1.807, 2.05) is 68.1 Å². The van der Waals surface area contributed by atoms with Crippen LogP contribution in [0.5, 0.6) is 0 Å². The summed E-state index contributed by atoms with van der Waals surface area (Å²) in [7, 11) is 0. The number of benzene rings is 2. The minimum atomic E-state index is 0.0671. The SMILES string of the molecule is CCN(Cc1cccc(N)c1)C(=O)c1ccc(C)cc1C. The van der Waals surface area contributed by atoms with Crippen LogP contribution >= 0.6 is 0 Å². The van der Waals surface area contributed by atoms with Crippen LogP contribution in [-0.2, 0) is 6.54 Å². The first kappa shape index (κ1) is 15.1. The molecular formula is C18H22N2O. The second-order valence-corrected chi connectivity index (χ2v) is 5.38. The summed E-state index contributed by atoms with van der Waals surface area (Å²) in [6.07, 6.45) is 0. The molecule has 0 aliphatic carbocycles.